The molecule has 16 heteroatoms. The molecule has 0 aliphatic carbocycles. The average molecular weight is 1050 g/mol. The van der Waals surface area contributed by atoms with Gasteiger partial charge in [-0.05, 0) is 140 Å². The second-order valence-electron chi connectivity index (χ2n) is 23.3. The fourth-order valence-electron chi connectivity index (χ4n) is 12.3. The zero-order valence-corrected chi connectivity index (χ0v) is 48.1. The predicted octanol–water partition coefficient (Wildman–Crippen LogP) is 7.58. The number of carbonyl (C=O) groups excluding carboxylic acids is 2. The summed E-state index contributed by atoms with van der Waals surface area (Å²) in [7, 11) is 4.46. The van der Waals surface area contributed by atoms with Crippen molar-refractivity contribution < 1.29 is 19.1 Å². The van der Waals surface area contributed by atoms with Crippen LogP contribution in [-0.2, 0) is 45.4 Å². The number of aryl methyl sites for hydroxylation is 2. The third kappa shape index (κ3) is 18.8. The van der Waals surface area contributed by atoms with Gasteiger partial charge >= 0.3 is 11.9 Å². The molecule has 0 amide bonds. The first-order valence-electron chi connectivity index (χ1n) is 29.9. The lowest BCUT2D eigenvalue weighted by Crippen LogP contribution is -2.54. The Hall–Kier alpha value is -4.00. The Balaban J connectivity index is 0.000000221. The van der Waals surface area contributed by atoms with Crippen LogP contribution in [0.25, 0.3) is 21.8 Å². The summed E-state index contributed by atoms with van der Waals surface area (Å²) in [4.78, 5) is 39.6. The Morgan fingerprint density at radius 2 is 1.05 bits per heavy atom. The van der Waals surface area contributed by atoms with E-state index in [1.54, 1.807) is 9.36 Å². The number of esters is 2. The largest absolute Gasteiger partial charge is 0.442 e. The van der Waals surface area contributed by atoms with Gasteiger partial charge in [-0.15, -0.1) is 0 Å². The molecule has 4 aliphatic rings. The molecule has 424 valence electrons. The standard InChI is InChI=1S/2C30H50N6O2/c1-4-5-6-7-8-9-29(37)38-23-36-21-26-19-25(18-24(2)30(26)32-36)20-27(31)22-34-14-16-35(17-15-34)28-10-12-33(3)13-11-28;1-4-5-6-7-8-9-29(37)38-23-36-30-24(2)18-25(19-26(30)21-32-36)20-27(31)22-34-14-16-35(17-15-34)28-10-12-33(3)13-11-28/h2*18-19,21,27-28H,4-17,20,22-23,31H2,1-3H3/t2*27-/m11/s1. The van der Waals surface area contributed by atoms with E-state index in [2.05, 4.69) is 106 Å². The minimum atomic E-state index is -0.142. The van der Waals surface area contributed by atoms with Crippen molar-refractivity contribution in [1.82, 2.24) is 49.0 Å². The maximum atomic E-state index is 12.2. The molecule has 0 unspecified atom stereocenters. The highest BCUT2D eigenvalue weighted by Gasteiger charge is 2.29. The number of hydrogen-bond donors (Lipinski definition) is 2. The third-order valence-corrected chi connectivity index (χ3v) is 16.8. The van der Waals surface area contributed by atoms with Gasteiger partial charge in [-0.1, -0.05) is 77.3 Å². The number of benzene rings is 2. The minimum absolute atomic E-state index is 0.107. The normalized spacial score (nSPS) is 19.3. The fraction of sp³-hybridized carbons (Fsp3) is 0.733. The Morgan fingerprint density at radius 3 is 1.55 bits per heavy atom. The number of carbonyl (C=O) groups is 2. The quantitative estimate of drug-likeness (QED) is 0.0468. The maximum Gasteiger partial charge on any atom is 0.307 e. The second kappa shape index (κ2) is 31.0. The van der Waals surface area contributed by atoms with Crippen LogP contribution in [0.4, 0.5) is 0 Å². The Kier molecular flexibility index (Phi) is 24.3. The molecule has 0 spiro atoms. The van der Waals surface area contributed by atoms with E-state index in [4.69, 9.17) is 20.9 Å². The number of piperidine rings is 2. The molecule has 16 nitrogen and oxygen atoms in total. The van der Waals surface area contributed by atoms with Gasteiger partial charge in [0.15, 0.2) is 13.5 Å². The van der Waals surface area contributed by atoms with Crippen molar-refractivity contribution in [1.29, 1.82) is 0 Å². The van der Waals surface area contributed by atoms with Crippen molar-refractivity contribution in [2.75, 3.05) is 106 Å². The zero-order valence-electron chi connectivity index (χ0n) is 48.1. The molecule has 6 heterocycles. The number of hydrogen-bond acceptors (Lipinski definition) is 14. The smallest absolute Gasteiger partial charge is 0.307 e. The Bertz CT molecular complexity index is 2280. The first-order chi connectivity index (χ1) is 36.8. The fourth-order valence-corrected chi connectivity index (χ4v) is 12.3. The van der Waals surface area contributed by atoms with Crippen LogP contribution in [0, 0.1) is 13.8 Å². The van der Waals surface area contributed by atoms with E-state index in [9.17, 15) is 9.59 Å². The highest BCUT2D eigenvalue weighted by atomic mass is 16.5. The van der Waals surface area contributed by atoms with Crippen molar-refractivity contribution in [3.63, 3.8) is 0 Å². The zero-order chi connectivity index (χ0) is 53.8. The van der Waals surface area contributed by atoms with Crippen LogP contribution in [-0.4, -0.2) is 191 Å². The molecule has 4 aromatic rings. The van der Waals surface area contributed by atoms with E-state index in [1.807, 2.05) is 12.4 Å². The number of rotatable bonds is 26. The summed E-state index contributed by atoms with van der Waals surface area (Å²) in [6, 6.07) is 10.5. The first kappa shape index (κ1) is 59.7. The molecule has 2 aromatic heterocycles. The van der Waals surface area contributed by atoms with Gasteiger partial charge in [0.2, 0.25) is 0 Å². The van der Waals surface area contributed by atoms with E-state index in [-0.39, 0.29) is 37.5 Å². The van der Waals surface area contributed by atoms with Crippen molar-refractivity contribution >= 4 is 33.7 Å². The summed E-state index contributed by atoms with van der Waals surface area (Å²) in [5, 5.41) is 11.3. The minimum Gasteiger partial charge on any atom is -0.442 e. The van der Waals surface area contributed by atoms with Gasteiger partial charge in [-0.3, -0.25) is 29.2 Å². The number of likely N-dealkylation sites (tertiary alicyclic amines) is 2. The molecule has 2 aromatic carbocycles. The van der Waals surface area contributed by atoms with Crippen LogP contribution < -0.4 is 11.5 Å². The molecule has 4 N–H and O–H groups in total. The molecule has 0 radical (unpaired) electrons. The molecule has 4 saturated heterocycles. The van der Waals surface area contributed by atoms with Gasteiger partial charge in [-0.2, -0.15) is 10.2 Å². The van der Waals surface area contributed by atoms with Crippen LogP contribution in [0.3, 0.4) is 0 Å². The molecule has 0 bridgehead atoms. The number of nitrogens with zero attached hydrogens (tertiary/aromatic N) is 10. The second-order valence-corrected chi connectivity index (χ2v) is 23.3. The topological polar surface area (TPSA) is 160 Å². The summed E-state index contributed by atoms with van der Waals surface area (Å²) in [5.41, 5.74) is 20.0. The SMILES string of the molecule is CCCCCCCC(=O)OCn1cc2cc(C[C@@H](N)CN3CCN(C4CCN(C)CC4)CC3)cc(C)c2n1.CCCCCCCC(=O)OCn1ncc2cc(C[C@@H](N)CN3CCN(C4CCN(C)CC4)CC3)cc(C)c21. The van der Waals surface area contributed by atoms with Crippen LogP contribution in [0.1, 0.15) is 139 Å². The van der Waals surface area contributed by atoms with Gasteiger partial charge in [0.1, 0.15) is 0 Å². The van der Waals surface area contributed by atoms with Crippen molar-refractivity contribution in [3.8, 4) is 0 Å². The summed E-state index contributed by atoms with van der Waals surface area (Å²) < 4.78 is 14.5. The summed E-state index contributed by atoms with van der Waals surface area (Å²) >= 11 is 0. The van der Waals surface area contributed by atoms with Crippen LogP contribution in [0.2, 0.25) is 0 Å². The van der Waals surface area contributed by atoms with Crippen molar-refractivity contribution in [2.45, 2.75) is 181 Å². The molecule has 0 saturated carbocycles. The average Bonchev–Trinajstić information content (AvgIpc) is 4.04. The lowest BCUT2D eigenvalue weighted by atomic mass is 10.0. The Morgan fingerprint density at radius 1 is 0.592 bits per heavy atom. The van der Waals surface area contributed by atoms with E-state index in [0.29, 0.717) is 12.8 Å². The molecule has 2 atom stereocenters. The number of piperazine rings is 2. The van der Waals surface area contributed by atoms with Gasteiger partial charge in [-0.25, -0.2) is 9.36 Å². The molecule has 4 aliphatic heterocycles. The molecule has 76 heavy (non-hydrogen) atoms. The first-order valence-corrected chi connectivity index (χ1v) is 29.9. The number of aromatic nitrogens is 4. The Labute approximate surface area is 457 Å². The predicted molar refractivity (Wildman–Crippen MR) is 308 cm³/mol. The summed E-state index contributed by atoms with van der Waals surface area (Å²) in [5.74, 6) is -0.283. The highest BCUT2D eigenvalue weighted by molar-refractivity contribution is 5.83. The monoisotopic (exact) mass is 1050 g/mol. The molecule has 4 fully saturated rings. The lowest BCUT2D eigenvalue weighted by molar-refractivity contribution is -0.148. The summed E-state index contributed by atoms with van der Waals surface area (Å²) in [6.07, 6.45) is 23.0. The molecular formula is C60H100N12O4. The van der Waals surface area contributed by atoms with Gasteiger partial charge in [0.25, 0.3) is 0 Å². The number of unbranched alkanes of at least 4 members (excludes halogenated alkanes) is 8. The van der Waals surface area contributed by atoms with Crippen LogP contribution in [0.5, 0.6) is 0 Å². The summed E-state index contributed by atoms with van der Waals surface area (Å²) in [6.45, 7) is 24.8. The van der Waals surface area contributed by atoms with E-state index in [0.717, 1.165) is 149 Å². The van der Waals surface area contributed by atoms with Crippen molar-refractivity contribution in [2.24, 2.45) is 11.5 Å². The van der Waals surface area contributed by atoms with E-state index in [1.165, 1.54) is 102 Å². The molecular weight excluding hydrogens is 953 g/mol. The maximum absolute atomic E-state index is 12.2. The van der Waals surface area contributed by atoms with Gasteiger partial charge < -0.3 is 30.7 Å². The highest BCUT2D eigenvalue weighted by Crippen LogP contribution is 2.25. The third-order valence-electron chi connectivity index (χ3n) is 16.8. The molecule has 8 rings (SSSR count). The van der Waals surface area contributed by atoms with Gasteiger partial charge in [0, 0.05) is 119 Å². The van der Waals surface area contributed by atoms with Crippen molar-refractivity contribution in [3.05, 3.63) is 58.9 Å². The lowest BCUT2D eigenvalue weighted by Gasteiger charge is -2.42. The number of nitrogens with two attached hydrogens (primary N) is 2. The van der Waals surface area contributed by atoms with Crippen LogP contribution >= 0.6 is 0 Å². The number of ether oxygens (including phenoxy) is 2. The number of fused-ring (bicyclic) bond motifs is 2. The van der Waals surface area contributed by atoms with E-state index < -0.39 is 0 Å². The van der Waals surface area contributed by atoms with E-state index >= 15 is 0 Å². The van der Waals surface area contributed by atoms with Gasteiger partial charge in [0.05, 0.1) is 17.2 Å². The van der Waals surface area contributed by atoms with Crippen LogP contribution in [0.15, 0.2) is 36.7 Å².